The van der Waals surface area contributed by atoms with Crippen molar-refractivity contribution in [3.05, 3.63) is 85.4 Å². The van der Waals surface area contributed by atoms with Crippen LogP contribution in [0.2, 0.25) is 0 Å². The Bertz CT molecular complexity index is 1560. The summed E-state index contributed by atoms with van der Waals surface area (Å²) in [6.45, 7) is 0. The molecule has 2 aliphatic carbocycles. The number of benzene rings is 2. The largest absolute Gasteiger partial charge is 0.455 e. The number of nitrogens with zero attached hydrogens (tertiary/aromatic N) is 1. The number of aromatic nitrogens is 1. The maximum atomic E-state index is 14.7. The fourth-order valence-corrected chi connectivity index (χ4v) is 5.05. The quantitative estimate of drug-likeness (QED) is 0.438. The SMILES string of the molecule is Cl.NC1Cc2ccc3c(=O)c4c(=O)n(-c5cccc(F)c5F)c(C5CCC5)cc4oc3c2C1. The lowest BCUT2D eigenvalue weighted by atomic mass is 9.82. The summed E-state index contributed by atoms with van der Waals surface area (Å²) in [6, 6.07) is 8.83. The Balaban J connectivity index is 0.00000228. The summed E-state index contributed by atoms with van der Waals surface area (Å²) in [4.78, 5) is 27.0. The van der Waals surface area contributed by atoms with Crippen molar-refractivity contribution in [3.63, 3.8) is 0 Å². The number of halogens is 3. The van der Waals surface area contributed by atoms with Crippen molar-refractivity contribution in [1.29, 1.82) is 0 Å². The van der Waals surface area contributed by atoms with E-state index in [9.17, 15) is 18.4 Å². The van der Waals surface area contributed by atoms with E-state index in [1.807, 2.05) is 6.07 Å². The minimum Gasteiger partial charge on any atom is -0.455 e. The summed E-state index contributed by atoms with van der Waals surface area (Å²) in [6.07, 6.45) is 3.94. The van der Waals surface area contributed by atoms with E-state index in [4.69, 9.17) is 10.2 Å². The predicted octanol–water partition coefficient (Wildman–Crippen LogP) is 4.49. The number of hydrogen-bond acceptors (Lipinski definition) is 4. The predicted molar refractivity (Wildman–Crippen MR) is 125 cm³/mol. The van der Waals surface area contributed by atoms with Gasteiger partial charge in [0.2, 0.25) is 5.43 Å². The number of rotatable bonds is 2. The molecule has 0 radical (unpaired) electrons. The number of nitrogens with two attached hydrogens (primary N) is 1. The minimum absolute atomic E-state index is 0. The van der Waals surface area contributed by atoms with Crippen LogP contribution in [-0.2, 0) is 12.8 Å². The smallest absolute Gasteiger partial charge is 0.270 e. The highest BCUT2D eigenvalue weighted by molar-refractivity contribution is 5.92. The first-order chi connectivity index (χ1) is 15.4. The van der Waals surface area contributed by atoms with E-state index in [0.717, 1.165) is 41.0 Å². The van der Waals surface area contributed by atoms with E-state index in [0.29, 0.717) is 29.5 Å². The first-order valence-corrected chi connectivity index (χ1v) is 10.8. The van der Waals surface area contributed by atoms with Crippen LogP contribution < -0.4 is 16.7 Å². The standard InChI is InChI=1S/C25H20F2N2O3.ClH/c26-17-5-2-6-18(22(17)27)29-19(12-3-1-4-12)11-20-21(25(29)31)23(30)15-8-7-13-9-14(28)10-16(13)24(15)32-20;/h2,5-8,11-12,14H,1,3-4,9-10,28H2;1H. The summed E-state index contributed by atoms with van der Waals surface area (Å²) in [5, 5.41) is 0.136. The molecule has 8 heteroatoms. The highest BCUT2D eigenvalue weighted by Crippen LogP contribution is 2.38. The molecule has 2 aliphatic rings. The molecule has 1 saturated carbocycles. The second-order valence-corrected chi connectivity index (χ2v) is 8.83. The Morgan fingerprint density at radius 2 is 1.85 bits per heavy atom. The third kappa shape index (κ3) is 3.14. The van der Waals surface area contributed by atoms with E-state index in [1.54, 1.807) is 12.1 Å². The summed E-state index contributed by atoms with van der Waals surface area (Å²) in [5.74, 6) is -2.16. The molecular formula is C25H21ClF2N2O3. The van der Waals surface area contributed by atoms with Crippen molar-refractivity contribution in [2.24, 2.45) is 5.73 Å². The third-order valence-electron chi connectivity index (χ3n) is 6.89. The Labute approximate surface area is 193 Å². The van der Waals surface area contributed by atoms with E-state index in [1.165, 1.54) is 12.1 Å². The molecule has 0 spiro atoms. The van der Waals surface area contributed by atoms with Gasteiger partial charge in [-0.1, -0.05) is 18.6 Å². The van der Waals surface area contributed by atoms with Crippen molar-refractivity contribution in [2.45, 2.75) is 44.1 Å². The van der Waals surface area contributed by atoms with E-state index in [-0.39, 0.29) is 41.0 Å². The number of pyridine rings is 1. The molecule has 5 nitrogen and oxygen atoms in total. The molecule has 0 bridgehead atoms. The zero-order valence-corrected chi connectivity index (χ0v) is 18.4. The Morgan fingerprint density at radius 3 is 2.58 bits per heavy atom. The lowest BCUT2D eigenvalue weighted by molar-refractivity contribution is 0.402. The second-order valence-electron chi connectivity index (χ2n) is 8.83. The van der Waals surface area contributed by atoms with Crippen LogP contribution in [0.5, 0.6) is 0 Å². The van der Waals surface area contributed by atoms with Gasteiger partial charge in [0, 0.05) is 23.4 Å². The van der Waals surface area contributed by atoms with Gasteiger partial charge in [0.25, 0.3) is 5.56 Å². The number of fused-ring (bicyclic) bond motifs is 4. The topological polar surface area (TPSA) is 78.2 Å². The van der Waals surface area contributed by atoms with Crippen LogP contribution in [0.15, 0.2) is 50.4 Å². The van der Waals surface area contributed by atoms with E-state index >= 15 is 0 Å². The molecule has 6 rings (SSSR count). The van der Waals surface area contributed by atoms with E-state index < -0.39 is 22.6 Å². The van der Waals surface area contributed by atoms with Gasteiger partial charge in [-0.3, -0.25) is 14.2 Å². The molecule has 170 valence electrons. The Hall–Kier alpha value is -3.03. The van der Waals surface area contributed by atoms with Crippen molar-refractivity contribution >= 4 is 34.3 Å². The van der Waals surface area contributed by atoms with Crippen LogP contribution in [-0.4, -0.2) is 10.6 Å². The zero-order chi connectivity index (χ0) is 22.1. The van der Waals surface area contributed by atoms with Gasteiger partial charge in [-0.05, 0) is 55.4 Å². The molecule has 1 atom stereocenters. The highest BCUT2D eigenvalue weighted by Gasteiger charge is 2.29. The van der Waals surface area contributed by atoms with Crippen LogP contribution in [0.4, 0.5) is 8.78 Å². The van der Waals surface area contributed by atoms with Gasteiger partial charge in [0.1, 0.15) is 16.6 Å². The molecule has 2 heterocycles. The average molecular weight is 471 g/mol. The first kappa shape index (κ1) is 21.8. The first-order valence-electron chi connectivity index (χ1n) is 10.8. The third-order valence-corrected chi connectivity index (χ3v) is 6.89. The Morgan fingerprint density at radius 1 is 1.06 bits per heavy atom. The van der Waals surface area contributed by atoms with Crippen LogP contribution in [0.3, 0.4) is 0 Å². The molecule has 1 fully saturated rings. The second kappa shape index (κ2) is 7.78. The molecule has 0 aliphatic heterocycles. The van der Waals surface area contributed by atoms with Crippen LogP contribution >= 0.6 is 12.4 Å². The van der Waals surface area contributed by atoms with Gasteiger partial charge >= 0.3 is 0 Å². The average Bonchev–Trinajstić information content (AvgIpc) is 3.10. The highest BCUT2D eigenvalue weighted by atomic mass is 35.5. The molecule has 4 aromatic rings. The summed E-state index contributed by atoms with van der Waals surface area (Å²) in [7, 11) is 0. The molecular weight excluding hydrogens is 450 g/mol. The maximum absolute atomic E-state index is 14.7. The van der Waals surface area contributed by atoms with Gasteiger partial charge in [-0.15, -0.1) is 12.4 Å². The molecule has 2 N–H and O–H groups in total. The molecule has 2 aromatic carbocycles. The fourth-order valence-electron chi connectivity index (χ4n) is 5.05. The monoisotopic (exact) mass is 470 g/mol. The maximum Gasteiger partial charge on any atom is 0.270 e. The van der Waals surface area contributed by atoms with Gasteiger partial charge in [0.15, 0.2) is 11.6 Å². The minimum atomic E-state index is -1.12. The Kier molecular flexibility index (Phi) is 5.14. The summed E-state index contributed by atoms with van der Waals surface area (Å²) >= 11 is 0. The normalized spacial score (nSPS) is 17.7. The van der Waals surface area contributed by atoms with Crippen LogP contribution in [0, 0.1) is 11.6 Å². The van der Waals surface area contributed by atoms with Crippen molar-refractivity contribution < 1.29 is 13.2 Å². The zero-order valence-electron chi connectivity index (χ0n) is 17.6. The van der Waals surface area contributed by atoms with Crippen molar-refractivity contribution in [3.8, 4) is 5.69 Å². The number of hydrogen-bond donors (Lipinski definition) is 1. The van der Waals surface area contributed by atoms with Gasteiger partial charge in [0.05, 0.1) is 11.1 Å². The fraction of sp³-hybridized carbons (Fsp3) is 0.280. The van der Waals surface area contributed by atoms with Crippen LogP contribution in [0.1, 0.15) is 42.0 Å². The molecule has 0 saturated heterocycles. The summed E-state index contributed by atoms with van der Waals surface area (Å²) in [5.41, 5.74) is 7.87. The van der Waals surface area contributed by atoms with Crippen molar-refractivity contribution in [1.82, 2.24) is 4.57 Å². The molecule has 33 heavy (non-hydrogen) atoms. The van der Waals surface area contributed by atoms with Crippen molar-refractivity contribution in [2.75, 3.05) is 0 Å². The summed E-state index contributed by atoms with van der Waals surface area (Å²) < 4.78 is 36.0. The van der Waals surface area contributed by atoms with Gasteiger partial charge in [-0.2, -0.15) is 0 Å². The van der Waals surface area contributed by atoms with Gasteiger partial charge in [-0.25, -0.2) is 8.78 Å². The lowest BCUT2D eigenvalue weighted by Crippen LogP contribution is -2.29. The molecule has 1 unspecified atom stereocenters. The van der Waals surface area contributed by atoms with E-state index in [2.05, 4.69) is 0 Å². The van der Waals surface area contributed by atoms with Gasteiger partial charge < -0.3 is 10.2 Å². The lowest BCUT2D eigenvalue weighted by Gasteiger charge is -2.28. The van der Waals surface area contributed by atoms with Crippen LogP contribution in [0.25, 0.3) is 27.6 Å². The molecule has 0 amide bonds. The molecule has 2 aromatic heterocycles.